The number of halogens is 1. The summed E-state index contributed by atoms with van der Waals surface area (Å²) in [5.41, 5.74) is 0.589. The van der Waals surface area contributed by atoms with Crippen molar-refractivity contribution in [2.75, 3.05) is 23.9 Å². The monoisotopic (exact) mass is 338 g/mol. The van der Waals surface area contributed by atoms with Crippen LogP contribution in [0.5, 0.6) is 5.75 Å². The lowest BCUT2D eigenvalue weighted by molar-refractivity contribution is 0.202. The third kappa shape index (κ3) is 3.27. The number of benzene rings is 1. The summed E-state index contributed by atoms with van der Waals surface area (Å²) in [6, 6.07) is 2.76. The molecule has 0 aromatic heterocycles. The van der Waals surface area contributed by atoms with Gasteiger partial charge in [0.1, 0.15) is 11.6 Å². The molecule has 1 aliphatic heterocycles. The first-order valence-corrected chi connectivity index (χ1v) is 9.59. The molecule has 1 aromatic rings. The highest BCUT2D eigenvalue weighted by Gasteiger charge is 2.43. The SMILES string of the molecule is CSCCCOc1ccc(F)c2c1C1(CCCCC1)NC(=O)N2. The van der Waals surface area contributed by atoms with Gasteiger partial charge in [-0.15, -0.1) is 0 Å². The highest BCUT2D eigenvalue weighted by atomic mass is 32.2. The predicted octanol–water partition coefficient (Wildman–Crippen LogP) is 4.25. The van der Waals surface area contributed by atoms with Crippen molar-refractivity contribution in [2.24, 2.45) is 0 Å². The van der Waals surface area contributed by atoms with Crippen molar-refractivity contribution in [3.63, 3.8) is 0 Å². The van der Waals surface area contributed by atoms with Crippen molar-refractivity contribution >= 4 is 23.5 Å². The topological polar surface area (TPSA) is 50.4 Å². The first kappa shape index (κ1) is 16.4. The lowest BCUT2D eigenvalue weighted by atomic mass is 9.74. The van der Waals surface area contributed by atoms with Crippen LogP contribution in [0.25, 0.3) is 0 Å². The maximum absolute atomic E-state index is 14.3. The van der Waals surface area contributed by atoms with Crippen molar-refractivity contribution in [1.82, 2.24) is 5.32 Å². The van der Waals surface area contributed by atoms with Gasteiger partial charge in [-0.3, -0.25) is 0 Å². The van der Waals surface area contributed by atoms with E-state index in [9.17, 15) is 9.18 Å². The Bertz CT molecular complexity index is 588. The van der Waals surface area contributed by atoms with E-state index >= 15 is 0 Å². The minimum absolute atomic E-state index is 0.290. The highest BCUT2D eigenvalue weighted by molar-refractivity contribution is 7.98. The van der Waals surface area contributed by atoms with Crippen LogP contribution in [0.15, 0.2) is 12.1 Å². The van der Waals surface area contributed by atoms with Gasteiger partial charge in [0.2, 0.25) is 0 Å². The smallest absolute Gasteiger partial charge is 0.320 e. The van der Waals surface area contributed by atoms with E-state index in [2.05, 4.69) is 16.9 Å². The number of hydrogen-bond acceptors (Lipinski definition) is 3. The molecule has 1 saturated carbocycles. The van der Waals surface area contributed by atoms with Gasteiger partial charge in [0.05, 0.1) is 17.8 Å². The normalized spacial score (nSPS) is 19.0. The molecular weight excluding hydrogens is 315 g/mol. The quantitative estimate of drug-likeness (QED) is 0.789. The standard InChI is InChI=1S/C17H23FN2O2S/c1-23-11-5-10-22-13-7-6-12(18)15-14(13)17(20-16(21)19-15)8-3-2-4-9-17/h6-7H,2-5,8-11H2,1H3,(H2,19,20,21). The van der Waals surface area contributed by atoms with Crippen molar-refractivity contribution in [2.45, 2.75) is 44.1 Å². The Kier molecular flexibility index (Phi) is 4.99. The molecule has 2 aliphatic rings. The number of thioether (sulfide) groups is 1. The van der Waals surface area contributed by atoms with Gasteiger partial charge in [-0.1, -0.05) is 19.3 Å². The largest absolute Gasteiger partial charge is 0.493 e. The van der Waals surface area contributed by atoms with Gasteiger partial charge in [0.15, 0.2) is 0 Å². The Balaban J connectivity index is 1.96. The molecule has 1 heterocycles. The number of carbonyl (C=O) groups excluding carboxylic acids is 1. The highest BCUT2D eigenvalue weighted by Crippen LogP contribution is 2.47. The molecule has 1 spiro atoms. The van der Waals surface area contributed by atoms with E-state index in [0.29, 0.717) is 12.4 Å². The summed E-state index contributed by atoms with van der Waals surface area (Å²) in [7, 11) is 0. The first-order chi connectivity index (χ1) is 11.2. The zero-order valence-electron chi connectivity index (χ0n) is 13.4. The first-order valence-electron chi connectivity index (χ1n) is 8.20. The molecule has 3 rings (SSSR count). The summed E-state index contributed by atoms with van der Waals surface area (Å²) in [5.74, 6) is 1.33. The molecule has 0 saturated heterocycles. The van der Waals surface area contributed by atoms with Crippen molar-refractivity contribution in [3.8, 4) is 5.75 Å². The summed E-state index contributed by atoms with van der Waals surface area (Å²) in [6.07, 6.45) is 7.89. The Morgan fingerprint density at radius 3 is 2.83 bits per heavy atom. The van der Waals surface area contributed by atoms with Crippen LogP contribution in [0, 0.1) is 5.82 Å². The van der Waals surface area contributed by atoms with Crippen LogP contribution in [0.4, 0.5) is 14.9 Å². The maximum Gasteiger partial charge on any atom is 0.320 e. The Morgan fingerprint density at radius 1 is 1.30 bits per heavy atom. The molecule has 2 amide bonds. The number of fused-ring (bicyclic) bond motifs is 2. The van der Waals surface area contributed by atoms with Crippen molar-refractivity contribution in [3.05, 3.63) is 23.5 Å². The second-order valence-electron chi connectivity index (χ2n) is 6.21. The van der Waals surface area contributed by atoms with Gasteiger partial charge in [-0.2, -0.15) is 11.8 Å². The van der Waals surface area contributed by atoms with Gasteiger partial charge in [0.25, 0.3) is 0 Å². The zero-order valence-corrected chi connectivity index (χ0v) is 14.2. The minimum Gasteiger partial charge on any atom is -0.493 e. The lowest BCUT2D eigenvalue weighted by Gasteiger charge is -2.43. The molecule has 23 heavy (non-hydrogen) atoms. The third-order valence-electron chi connectivity index (χ3n) is 4.64. The van der Waals surface area contributed by atoms with Crippen LogP contribution in [0.3, 0.4) is 0 Å². The second kappa shape index (κ2) is 6.99. The summed E-state index contributed by atoms with van der Waals surface area (Å²) in [5, 5.41) is 5.69. The van der Waals surface area contributed by atoms with E-state index in [1.165, 1.54) is 6.07 Å². The molecule has 6 heteroatoms. The van der Waals surface area contributed by atoms with Gasteiger partial charge < -0.3 is 15.4 Å². The summed E-state index contributed by atoms with van der Waals surface area (Å²) in [4.78, 5) is 12.0. The van der Waals surface area contributed by atoms with Crippen molar-refractivity contribution in [1.29, 1.82) is 0 Å². The number of carbonyl (C=O) groups is 1. The molecule has 126 valence electrons. The molecule has 0 bridgehead atoms. The van der Waals surface area contributed by atoms with E-state index in [1.807, 2.05) is 0 Å². The molecule has 1 fully saturated rings. The molecule has 2 N–H and O–H groups in total. The molecule has 1 aliphatic carbocycles. The summed E-state index contributed by atoms with van der Waals surface area (Å²) >= 11 is 1.78. The summed E-state index contributed by atoms with van der Waals surface area (Å²) < 4.78 is 20.3. The van der Waals surface area contributed by atoms with Crippen LogP contribution in [-0.2, 0) is 5.54 Å². The van der Waals surface area contributed by atoms with Crippen LogP contribution < -0.4 is 15.4 Å². The average molecular weight is 338 g/mol. The fraction of sp³-hybridized carbons (Fsp3) is 0.588. The number of anilines is 1. The van der Waals surface area contributed by atoms with Crippen LogP contribution in [-0.4, -0.2) is 24.6 Å². The van der Waals surface area contributed by atoms with E-state index in [1.54, 1.807) is 17.8 Å². The van der Waals surface area contributed by atoms with Crippen molar-refractivity contribution < 1.29 is 13.9 Å². The number of urea groups is 1. The molecule has 0 atom stereocenters. The molecule has 4 nitrogen and oxygen atoms in total. The van der Waals surface area contributed by atoms with Gasteiger partial charge >= 0.3 is 6.03 Å². The minimum atomic E-state index is -0.493. The number of nitrogens with one attached hydrogen (secondary N) is 2. The van der Waals surface area contributed by atoms with E-state index in [-0.39, 0.29) is 11.7 Å². The summed E-state index contributed by atoms with van der Waals surface area (Å²) in [6.45, 7) is 0.600. The van der Waals surface area contributed by atoms with Gasteiger partial charge in [0, 0.05) is 5.56 Å². The molecular formula is C17H23FN2O2S. The Labute approximate surface area is 140 Å². The van der Waals surface area contributed by atoms with Gasteiger partial charge in [-0.25, -0.2) is 9.18 Å². The predicted molar refractivity (Wildman–Crippen MR) is 91.8 cm³/mol. The number of amides is 2. The Hall–Kier alpha value is -1.43. The molecule has 0 radical (unpaired) electrons. The van der Waals surface area contributed by atoms with E-state index < -0.39 is 11.4 Å². The zero-order chi connectivity index (χ0) is 16.3. The lowest BCUT2D eigenvalue weighted by Crippen LogP contribution is -2.53. The Morgan fingerprint density at radius 2 is 2.09 bits per heavy atom. The van der Waals surface area contributed by atoms with E-state index in [4.69, 9.17) is 4.74 Å². The number of hydrogen-bond donors (Lipinski definition) is 2. The maximum atomic E-state index is 14.3. The number of ether oxygens (including phenoxy) is 1. The van der Waals surface area contributed by atoms with E-state index in [0.717, 1.165) is 49.8 Å². The van der Waals surface area contributed by atoms with Crippen LogP contribution in [0.2, 0.25) is 0 Å². The molecule has 1 aromatic carbocycles. The fourth-order valence-electron chi connectivity index (χ4n) is 3.62. The second-order valence-corrected chi connectivity index (χ2v) is 7.20. The number of rotatable bonds is 5. The van der Waals surface area contributed by atoms with Crippen LogP contribution >= 0.6 is 11.8 Å². The fourth-order valence-corrected chi connectivity index (χ4v) is 4.02. The average Bonchev–Trinajstić information content (AvgIpc) is 2.54. The third-order valence-corrected chi connectivity index (χ3v) is 5.34. The van der Waals surface area contributed by atoms with Gasteiger partial charge in [-0.05, 0) is 43.4 Å². The molecule has 0 unspecified atom stereocenters. The van der Waals surface area contributed by atoms with Crippen LogP contribution in [0.1, 0.15) is 44.1 Å².